The maximum absolute atomic E-state index is 10.6. The van der Waals surface area contributed by atoms with E-state index >= 15 is 0 Å². The third-order valence-electron chi connectivity index (χ3n) is 1.59. The number of carboxylic acid groups (broad SMARTS) is 1. The Balaban J connectivity index is 2.77. The second-order valence-electron chi connectivity index (χ2n) is 2.65. The van der Waals surface area contributed by atoms with Crippen molar-refractivity contribution in [3.8, 4) is 0 Å². The molecule has 5 nitrogen and oxygen atoms in total. The van der Waals surface area contributed by atoms with Crippen LogP contribution in [-0.2, 0) is 0 Å². The Morgan fingerprint density at radius 2 is 2.07 bits per heavy atom. The number of thiol groups is 1. The quantitative estimate of drug-likeness (QED) is 0.352. The van der Waals surface area contributed by atoms with Gasteiger partial charge in [0.05, 0.1) is 0 Å². The van der Waals surface area contributed by atoms with Gasteiger partial charge < -0.3 is 0 Å². The van der Waals surface area contributed by atoms with E-state index in [4.69, 9.17) is 10.6 Å². The number of rotatable bonds is 4. The molecule has 0 saturated carbocycles. The van der Waals surface area contributed by atoms with Crippen molar-refractivity contribution in [2.45, 2.75) is 0 Å². The van der Waals surface area contributed by atoms with E-state index in [0.717, 1.165) is 0 Å². The number of nitrogens with one attached hydrogen (secondary N) is 2. The third-order valence-corrected chi connectivity index (χ3v) is 1.82. The number of hydrogen-bond acceptors (Lipinski definition) is 5. The predicted octanol–water partition coefficient (Wildman–Crippen LogP) is 1.46. The molecule has 1 aromatic rings. The molecule has 0 atom stereocenters. The predicted molar refractivity (Wildman–Crippen MR) is 61.9 cm³/mol. The zero-order chi connectivity index (χ0) is 11.3. The van der Waals surface area contributed by atoms with Crippen LogP contribution in [0.2, 0.25) is 0 Å². The second-order valence-corrected chi connectivity index (χ2v) is 3.13. The number of hydrogen-bond donors (Lipinski definition) is 4. The summed E-state index contributed by atoms with van der Waals surface area (Å²) in [6.07, 6.45) is 0. The van der Waals surface area contributed by atoms with Crippen molar-refractivity contribution < 1.29 is 9.90 Å². The van der Waals surface area contributed by atoms with Crippen LogP contribution in [0, 0.1) is 5.53 Å². The van der Waals surface area contributed by atoms with Crippen molar-refractivity contribution in [1.29, 1.82) is 5.53 Å². The van der Waals surface area contributed by atoms with E-state index in [2.05, 4.69) is 23.0 Å². The molecule has 0 radical (unpaired) electrons. The topological polar surface area (TPSA) is 85.5 Å². The average molecular weight is 221 g/mol. The van der Waals surface area contributed by atoms with Crippen LogP contribution in [0.25, 0.3) is 0 Å². The molecule has 0 amide bonds. The standard InChI is InChI=1S/C8H8BN3O2S/c10-12-9-8(15)11-6-3-1-5(2-4-6)7(13)14/h1-4,10-11,15H,(H,13,14). The van der Waals surface area contributed by atoms with E-state index in [0.29, 0.717) is 10.6 Å². The molecule has 0 spiro atoms. The van der Waals surface area contributed by atoms with Crippen LogP contribution in [0.5, 0.6) is 0 Å². The van der Waals surface area contributed by atoms with E-state index in [9.17, 15) is 4.79 Å². The zero-order valence-electron chi connectivity index (χ0n) is 7.64. The first-order chi connectivity index (χ1) is 7.13. The third kappa shape index (κ3) is 3.55. The average Bonchev–Trinajstić information content (AvgIpc) is 2.18. The molecular weight excluding hydrogens is 213 g/mol. The van der Waals surface area contributed by atoms with Crippen LogP contribution in [0.15, 0.2) is 29.3 Å². The maximum atomic E-state index is 10.6. The van der Waals surface area contributed by atoms with Gasteiger partial charge in [-0.05, 0) is 0 Å². The van der Waals surface area contributed by atoms with Gasteiger partial charge in [-0.25, -0.2) is 0 Å². The van der Waals surface area contributed by atoms with E-state index in [1.165, 1.54) is 19.2 Å². The summed E-state index contributed by atoms with van der Waals surface area (Å²) in [5, 5.41) is 14.5. The van der Waals surface area contributed by atoms with Gasteiger partial charge in [-0.15, -0.1) is 0 Å². The van der Waals surface area contributed by atoms with E-state index < -0.39 is 5.97 Å². The van der Waals surface area contributed by atoms with Crippen LogP contribution >= 0.6 is 12.6 Å². The number of aromatic carboxylic acids is 1. The monoisotopic (exact) mass is 221 g/mol. The molecule has 3 N–H and O–H groups in total. The Morgan fingerprint density at radius 3 is 2.53 bits per heavy atom. The molecule has 0 fully saturated rings. The fourth-order valence-electron chi connectivity index (χ4n) is 0.937. The van der Waals surface area contributed by atoms with Crippen molar-refractivity contribution in [2.24, 2.45) is 5.03 Å². The summed E-state index contributed by atoms with van der Waals surface area (Å²) in [7, 11) is 1.23. The number of benzene rings is 1. The number of carboxylic acids is 1. The van der Waals surface area contributed by atoms with Gasteiger partial charge >= 0.3 is 91.9 Å². The van der Waals surface area contributed by atoms with Gasteiger partial charge in [0, 0.05) is 0 Å². The molecule has 1 aromatic carbocycles. The van der Waals surface area contributed by atoms with Gasteiger partial charge in [0.1, 0.15) is 0 Å². The molecule has 0 heterocycles. The molecule has 15 heavy (non-hydrogen) atoms. The van der Waals surface area contributed by atoms with Gasteiger partial charge in [-0.1, -0.05) is 0 Å². The summed E-state index contributed by atoms with van der Waals surface area (Å²) in [6.45, 7) is 0. The Kier molecular flexibility index (Phi) is 4.05. The molecule has 0 bridgehead atoms. The zero-order valence-corrected chi connectivity index (χ0v) is 8.53. The molecule has 0 aliphatic heterocycles. The van der Waals surface area contributed by atoms with Crippen LogP contribution in [0.3, 0.4) is 0 Å². The minimum atomic E-state index is -0.968. The molecular formula is C8H8BN3O2S. The van der Waals surface area contributed by atoms with Crippen LogP contribution in [0.1, 0.15) is 10.4 Å². The molecule has 0 aliphatic rings. The summed E-state index contributed by atoms with van der Waals surface area (Å²) in [5.74, 6) is -0.968. The molecule has 0 saturated heterocycles. The first-order valence-corrected chi connectivity index (χ1v) is 4.44. The second kappa shape index (κ2) is 5.30. The Bertz CT molecular complexity index is 405. The van der Waals surface area contributed by atoms with Crippen LogP contribution < -0.4 is 5.32 Å². The van der Waals surface area contributed by atoms with Crippen LogP contribution in [-0.4, -0.2) is 23.1 Å². The first-order valence-electron chi connectivity index (χ1n) is 3.99. The Hall–Kier alpha value is -1.63. The molecule has 7 heteroatoms. The van der Waals surface area contributed by atoms with Gasteiger partial charge in [0.25, 0.3) is 0 Å². The van der Waals surface area contributed by atoms with Crippen LogP contribution in [0.4, 0.5) is 5.69 Å². The molecule has 1 rings (SSSR count). The van der Waals surface area contributed by atoms with E-state index in [1.54, 1.807) is 12.1 Å². The Labute approximate surface area is 92.4 Å². The molecule has 0 unspecified atom stereocenters. The molecule has 76 valence electrons. The number of nitrogens with zero attached hydrogens (tertiary/aromatic N) is 1. The first kappa shape index (κ1) is 11.4. The summed E-state index contributed by atoms with van der Waals surface area (Å²) in [4.78, 5) is 11.0. The van der Waals surface area contributed by atoms with Gasteiger partial charge in [0.15, 0.2) is 0 Å². The number of anilines is 1. The fraction of sp³-hybridized carbons (Fsp3) is 0. The minimum absolute atomic E-state index is 0.218. The van der Waals surface area contributed by atoms with Crippen molar-refractivity contribution in [1.82, 2.24) is 0 Å². The van der Waals surface area contributed by atoms with Gasteiger partial charge in [-0.3, -0.25) is 0 Å². The fourth-order valence-corrected chi connectivity index (χ4v) is 1.12. The van der Waals surface area contributed by atoms with Crippen molar-refractivity contribution >= 4 is 36.3 Å². The van der Waals surface area contributed by atoms with Gasteiger partial charge in [0.2, 0.25) is 0 Å². The SMILES string of the molecule is N=N/B=C(/S)Nc1ccc(C(=O)O)cc1. The summed E-state index contributed by atoms with van der Waals surface area (Å²) in [5.41, 5.74) is 7.47. The molecule has 0 aliphatic carbocycles. The molecule has 0 aromatic heterocycles. The normalized spacial score (nSPS) is 10.3. The van der Waals surface area contributed by atoms with Crippen molar-refractivity contribution in [2.75, 3.05) is 5.32 Å². The summed E-state index contributed by atoms with van der Waals surface area (Å²) in [6, 6.07) is 6.17. The summed E-state index contributed by atoms with van der Waals surface area (Å²) < 4.78 is 0. The van der Waals surface area contributed by atoms with Crippen molar-refractivity contribution in [3.63, 3.8) is 0 Å². The van der Waals surface area contributed by atoms with Gasteiger partial charge in [-0.2, -0.15) is 0 Å². The Morgan fingerprint density at radius 1 is 1.47 bits per heavy atom. The van der Waals surface area contributed by atoms with Crippen molar-refractivity contribution in [3.05, 3.63) is 29.8 Å². The number of carbonyl (C=O) groups is 1. The summed E-state index contributed by atoms with van der Waals surface area (Å²) >= 11 is 4.01. The van der Waals surface area contributed by atoms with E-state index in [1.807, 2.05) is 0 Å². The van der Waals surface area contributed by atoms with E-state index in [-0.39, 0.29) is 5.56 Å².